The molecule has 2 rings (SSSR count). The highest BCUT2D eigenvalue weighted by atomic mass is 127. The van der Waals surface area contributed by atoms with E-state index in [1.807, 2.05) is 0 Å². The number of nitrogens with zero attached hydrogens (tertiary/aromatic N) is 3. The average molecular weight is 571 g/mol. The number of methoxy groups -OCH3 is 1. The van der Waals surface area contributed by atoms with E-state index >= 15 is 0 Å². The number of carbonyl (C=O) groups is 2. The van der Waals surface area contributed by atoms with Crippen LogP contribution in [0.3, 0.4) is 0 Å². The molecule has 1 fully saturated rings. The summed E-state index contributed by atoms with van der Waals surface area (Å²) < 4.78 is 43.5. The van der Waals surface area contributed by atoms with Gasteiger partial charge in [-0.25, -0.2) is 9.79 Å². The van der Waals surface area contributed by atoms with Gasteiger partial charge in [0.05, 0.1) is 25.8 Å². The molecule has 8 nitrogen and oxygen atoms in total. The number of rotatable bonds is 5. The van der Waals surface area contributed by atoms with Gasteiger partial charge < -0.3 is 25.2 Å². The highest BCUT2D eigenvalue weighted by Gasteiger charge is 2.30. The lowest BCUT2D eigenvalue weighted by atomic mass is 10.1. The van der Waals surface area contributed by atoms with E-state index < -0.39 is 11.7 Å². The van der Waals surface area contributed by atoms with Crippen LogP contribution in [0, 0.1) is 0 Å². The molecule has 0 unspecified atom stereocenters. The fourth-order valence-electron chi connectivity index (χ4n) is 3.02. The van der Waals surface area contributed by atoms with Gasteiger partial charge in [0.2, 0.25) is 5.91 Å². The number of benzene rings is 1. The number of alkyl halides is 3. The van der Waals surface area contributed by atoms with E-state index in [-0.39, 0.29) is 55.1 Å². The maximum atomic E-state index is 12.9. The number of aliphatic imine (C=N–C) groups is 1. The molecular formula is C20H29F3IN5O3. The minimum atomic E-state index is -4.43. The van der Waals surface area contributed by atoms with Crippen molar-refractivity contribution < 1.29 is 27.5 Å². The molecule has 0 spiro atoms. The third-order valence-corrected chi connectivity index (χ3v) is 4.85. The number of piperidine rings is 1. The topological polar surface area (TPSA) is 86.3 Å². The molecule has 12 heteroatoms. The third kappa shape index (κ3) is 8.71. The van der Waals surface area contributed by atoms with Crippen molar-refractivity contribution in [2.24, 2.45) is 4.99 Å². The van der Waals surface area contributed by atoms with Crippen LogP contribution in [0.15, 0.2) is 29.3 Å². The first kappa shape index (κ1) is 27.8. The summed E-state index contributed by atoms with van der Waals surface area (Å²) >= 11 is 0. The first-order valence-electron chi connectivity index (χ1n) is 9.84. The summed E-state index contributed by atoms with van der Waals surface area (Å²) in [6, 6.07) is 4.96. The zero-order valence-electron chi connectivity index (χ0n) is 18.2. The van der Waals surface area contributed by atoms with Gasteiger partial charge in [-0.1, -0.05) is 12.1 Å². The van der Waals surface area contributed by atoms with Crippen LogP contribution in [0.2, 0.25) is 0 Å². The van der Waals surface area contributed by atoms with E-state index in [1.54, 1.807) is 25.1 Å². The van der Waals surface area contributed by atoms with Crippen molar-refractivity contribution in [1.82, 2.24) is 20.4 Å². The molecule has 0 saturated carbocycles. The molecule has 180 valence electrons. The average Bonchev–Trinajstić information content (AvgIpc) is 2.74. The molecular weight excluding hydrogens is 542 g/mol. The number of hydrogen-bond donors (Lipinski definition) is 2. The predicted molar refractivity (Wildman–Crippen MR) is 125 cm³/mol. The Balaban J connectivity index is 0.00000512. The second kappa shape index (κ2) is 12.7. The van der Waals surface area contributed by atoms with Gasteiger partial charge >= 0.3 is 12.3 Å². The summed E-state index contributed by atoms with van der Waals surface area (Å²) in [6.45, 7) is 1.00. The fraction of sp³-hybridized carbons (Fsp3) is 0.550. The standard InChI is InChI=1S/C20H28F3N5O3.HI/c1-27(2)17(29)13-25-18(26-16-7-9-28(10-8-16)19(30)31-3)24-12-14-5-4-6-15(11-14)20(21,22)23;/h4-6,11,16H,7-10,12-13H2,1-3H3,(H2,24,25,26);1H. The number of carbonyl (C=O) groups excluding carboxylic acids is 2. The van der Waals surface area contributed by atoms with Gasteiger partial charge in [-0.05, 0) is 30.5 Å². The Labute approximate surface area is 202 Å². The van der Waals surface area contributed by atoms with E-state index in [1.165, 1.54) is 18.1 Å². The summed E-state index contributed by atoms with van der Waals surface area (Å²) in [4.78, 5) is 30.9. The summed E-state index contributed by atoms with van der Waals surface area (Å²) in [5.41, 5.74) is -0.337. The van der Waals surface area contributed by atoms with Crippen molar-refractivity contribution in [2.45, 2.75) is 31.6 Å². The second-order valence-corrected chi connectivity index (χ2v) is 7.38. The number of ether oxygens (including phenoxy) is 1. The van der Waals surface area contributed by atoms with Gasteiger partial charge in [0.25, 0.3) is 0 Å². The lowest BCUT2D eigenvalue weighted by molar-refractivity contribution is -0.137. The van der Waals surface area contributed by atoms with Crippen molar-refractivity contribution in [3.8, 4) is 0 Å². The number of halogens is 4. The first-order valence-corrected chi connectivity index (χ1v) is 9.84. The Kier molecular flexibility index (Phi) is 11.0. The van der Waals surface area contributed by atoms with Crippen LogP contribution >= 0.6 is 24.0 Å². The fourth-order valence-corrected chi connectivity index (χ4v) is 3.02. The van der Waals surface area contributed by atoms with Crippen LogP contribution in [0.5, 0.6) is 0 Å². The maximum absolute atomic E-state index is 12.9. The predicted octanol–water partition coefficient (Wildman–Crippen LogP) is 2.68. The molecule has 0 bridgehead atoms. The summed E-state index contributed by atoms with van der Waals surface area (Å²) in [7, 11) is 4.58. The Hall–Kier alpha value is -2.25. The Morgan fingerprint density at radius 2 is 1.91 bits per heavy atom. The molecule has 1 aliphatic rings. The summed E-state index contributed by atoms with van der Waals surface area (Å²) in [5.74, 6) is 0.151. The van der Waals surface area contributed by atoms with Gasteiger partial charge in [-0.3, -0.25) is 4.79 Å². The van der Waals surface area contributed by atoms with Crippen molar-refractivity contribution in [3.63, 3.8) is 0 Å². The lowest BCUT2D eigenvalue weighted by Gasteiger charge is -2.32. The molecule has 2 N–H and O–H groups in total. The molecule has 1 saturated heterocycles. The monoisotopic (exact) mass is 571 g/mol. The quantitative estimate of drug-likeness (QED) is 0.323. The molecule has 32 heavy (non-hydrogen) atoms. The van der Waals surface area contributed by atoms with Crippen molar-refractivity contribution in [1.29, 1.82) is 0 Å². The maximum Gasteiger partial charge on any atom is 0.416 e. The summed E-state index contributed by atoms with van der Waals surface area (Å²) in [6.07, 6.45) is -3.53. The van der Waals surface area contributed by atoms with Crippen LogP contribution in [0.25, 0.3) is 0 Å². The molecule has 1 aromatic carbocycles. The lowest BCUT2D eigenvalue weighted by Crippen LogP contribution is -2.51. The number of hydrogen-bond acceptors (Lipinski definition) is 4. The second-order valence-electron chi connectivity index (χ2n) is 7.38. The molecule has 1 heterocycles. The number of nitrogens with one attached hydrogen (secondary N) is 2. The van der Waals surface area contributed by atoms with Gasteiger partial charge in [0, 0.05) is 33.2 Å². The number of guanidine groups is 1. The summed E-state index contributed by atoms with van der Waals surface area (Å²) in [5, 5.41) is 6.14. The number of likely N-dealkylation sites (tertiary alicyclic amines) is 1. The zero-order chi connectivity index (χ0) is 23.0. The molecule has 0 aliphatic carbocycles. The minimum Gasteiger partial charge on any atom is -0.453 e. The molecule has 2 amide bonds. The van der Waals surface area contributed by atoms with E-state index in [2.05, 4.69) is 15.6 Å². The highest BCUT2D eigenvalue weighted by Crippen LogP contribution is 2.29. The van der Waals surface area contributed by atoms with E-state index in [9.17, 15) is 22.8 Å². The molecule has 1 aliphatic heterocycles. The Bertz CT molecular complexity index is 797. The van der Waals surface area contributed by atoms with Crippen molar-refractivity contribution in [2.75, 3.05) is 40.8 Å². The van der Waals surface area contributed by atoms with Crippen LogP contribution in [0.1, 0.15) is 24.0 Å². The number of amides is 2. The molecule has 0 atom stereocenters. The van der Waals surface area contributed by atoms with Crippen LogP contribution in [0.4, 0.5) is 18.0 Å². The molecule has 0 aromatic heterocycles. The smallest absolute Gasteiger partial charge is 0.416 e. The molecule has 0 radical (unpaired) electrons. The van der Waals surface area contributed by atoms with Crippen LogP contribution < -0.4 is 10.6 Å². The Morgan fingerprint density at radius 1 is 1.25 bits per heavy atom. The normalized spacial score (nSPS) is 14.9. The largest absolute Gasteiger partial charge is 0.453 e. The highest BCUT2D eigenvalue weighted by molar-refractivity contribution is 14.0. The Morgan fingerprint density at radius 3 is 2.47 bits per heavy atom. The SMILES string of the molecule is COC(=O)N1CCC(NC(=NCc2cccc(C(F)(F)F)c2)NCC(=O)N(C)C)CC1.I. The minimum absolute atomic E-state index is 0. The van der Waals surface area contributed by atoms with Gasteiger partial charge in [0.1, 0.15) is 0 Å². The first-order chi connectivity index (χ1) is 14.6. The third-order valence-electron chi connectivity index (χ3n) is 4.85. The number of likely N-dealkylation sites (N-methyl/N-ethyl adjacent to an activating group) is 1. The zero-order valence-corrected chi connectivity index (χ0v) is 20.6. The van der Waals surface area contributed by atoms with Gasteiger partial charge in [-0.2, -0.15) is 13.2 Å². The van der Waals surface area contributed by atoms with E-state index in [4.69, 9.17) is 4.74 Å². The van der Waals surface area contributed by atoms with Gasteiger partial charge in [-0.15, -0.1) is 24.0 Å². The van der Waals surface area contributed by atoms with E-state index in [0.717, 1.165) is 12.1 Å². The van der Waals surface area contributed by atoms with Crippen molar-refractivity contribution >= 4 is 41.9 Å². The van der Waals surface area contributed by atoms with E-state index in [0.29, 0.717) is 37.5 Å². The van der Waals surface area contributed by atoms with Crippen molar-refractivity contribution in [3.05, 3.63) is 35.4 Å². The molecule has 1 aromatic rings. The van der Waals surface area contributed by atoms with Crippen LogP contribution in [-0.4, -0.2) is 74.6 Å². The van der Waals surface area contributed by atoms with Gasteiger partial charge in [0.15, 0.2) is 5.96 Å². The van der Waals surface area contributed by atoms with Crippen LogP contribution in [-0.2, 0) is 22.3 Å².